The summed E-state index contributed by atoms with van der Waals surface area (Å²) in [7, 11) is 2.58. The van der Waals surface area contributed by atoms with Crippen molar-refractivity contribution in [1.29, 1.82) is 0 Å². The van der Waals surface area contributed by atoms with Crippen LogP contribution in [-0.2, 0) is 9.63 Å². The molecule has 0 bridgehead atoms. The van der Waals surface area contributed by atoms with Crippen LogP contribution in [0.3, 0.4) is 0 Å². The van der Waals surface area contributed by atoms with Crippen molar-refractivity contribution in [2.45, 2.75) is 12.3 Å². The highest BCUT2D eigenvalue weighted by molar-refractivity contribution is 5.81. The van der Waals surface area contributed by atoms with E-state index in [0.29, 0.717) is 0 Å². The molecule has 1 aliphatic rings. The van der Waals surface area contributed by atoms with Crippen LogP contribution in [0.15, 0.2) is 0 Å². The van der Waals surface area contributed by atoms with Crippen LogP contribution in [0.5, 0.6) is 0 Å². The third kappa shape index (κ3) is 1.48. The van der Waals surface area contributed by atoms with Crippen LogP contribution < -0.4 is 0 Å². The van der Waals surface area contributed by atoms with Crippen LogP contribution >= 0.6 is 0 Å². The molecule has 0 unspecified atom stereocenters. The summed E-state index contributed by atoms with van der Waals surface area (Å²) in [6.45, 7) is 0. The normalized spacial score (nSPS) is 26.4. The molecule has 0 aromatic rings. The SMILES string of the molecule is CON(C)C(=O)[C@H]1CC1(F)F. The van der Waals surface area contributed by atoms with Gasteiger partial charge < -0.3 is 0 Å². The van der Waals surface area contributed by atoms with Gasteiger partial charge in [0.1, 0.15) is 5.92 Å². The smallest absolute Gasteiger partial charge is 0.260 e. The van der Waals surface area contributed by atoms with E-state index >= 15 is 0 Å². The number of amides is 1. The Hall–Kier alpha value is -0.710. The number of hydrogen-bond donors (Lipinski definition) is 0. The minimum atomic E-state index is -2.80. The second kappa shape index (κ2) is 2.41. The Kier molecular flexibility index (Phi) is 1.83. The first kappa shape index (κ1) is 8.39. The molecular formula is C6H9F2NO2. The number of hydroxylamine groups is 2. The van der Waals surface area contributed by atoms with Crippen LogP contribution in [0.1, 0.15) is 6.42 Å². The van der Waals surface area contributed by atoms with Gasteiger partial charge in [0, 0.05) is 13.5 Å². The van der Waals surface area contributed by atoms with Crippen molar-refractivity contribution in [3.8, 4) is 0 Å². The summed E-state index contributed by atoms with van der Waals surface area (Å²) < 4.78 is 24.5. The van der Waals surface area contributed by atoms with E-state index in [0.717, 1.165) is 5.06 Å². The van der Waals surface area contributed by atoms with Crippen LogP contribution in [0, 0.1) is 5.92 Å². The molecule has 11 heavy (non-hydrogen) atoms. The monoisotopic (exact) mass is 165 g/mol. The predicted octanol–water partition coefficient (Wildman–Crippen LogP) is 0.661. The summed E-state index contributed by atoms with van der Waals surface area (Å²) in [4.78, 5) is 15.3. The van der Waals surface area contributed by atoms with E-state index in [1.165, 1.54) is 14.2 Å². The van der Waals surface area contributed by atoms with Gasteiger partial charge in [-0.15, -0.1) is 0 Å². The second-order valence-electron chi connectivity index (χ2n) is 2.54. The van der Waals surface area contributed by atoms with Gasteiger partial charge in [0.2, 0.25) is 0 Å². The maximum absolute atomic E-state index is 12.2. The Morgan fingerprint density at radius 3 is 2.45 bits per heavy atom. The first-order valence-electron chi connectivity index (χ1n) is 3.18. The molecule has 0 aromatic carbocycles. The molecule has 0 aliphatic heterocycles. The van der Waals surface area contributed by atoms with Gasteiger partial charge in [-0.3, -0.25) is 9.63 Å². The molecule has 1 fully saturated rings. The zero-order valence-corrected chi connectivity index (χ0v) is 6.30. The molecule has 3 nitrogen and oxygen atoms in total. The molecule has 0 saturated heterocycles. The highest BCUT2D eigenvalue weighted by atomic mass is 19.3. The average molecular weight is 165 g/mol. The minimum absolute atomic E-state index is 0.348. The van der Waals surface area contributed by atoms with Crippen LogP contribution in [0.4, 0.5) is 8.78 Å². The van der Waals surface area contributed by atoms with Crippen molar-refractivity contribution < 1.29 is 18.4 Å². The fraction of sp³-hybridized carbons (Fsp3) is 0.833. The lowest BCUT2D eigenvalue weighted by Crippen LogP contribution is -2.28. The summed E-state index contributed by atoms with van der Waals surface area (Å²) in [6, 6.07) is 0. The van der Waals surface area contributed by atoms with Crippen molar-refractivity contribution >= 4 is 5.91 Å². The molecule has 0 heterocycles. The number of halogens is 2. The van der Waals surface area contributed by atoms with Gasteiger partial charge in [0.25, 0.3) is 11.8 Å². The Labute approximate surface area is 62.9 Å². The highest BCUT2D eigenvalue weighted by Crippen LogP contribution is 2.49. The highest BCUT2D eigenvalue weighted by Gasteiger charge is 2.62. The summed E-state index contributed by atoms with van der Waals surface area (Å²) in [5, 5.41) is 0.825. The molecule has 5 heteroatoms. The van der Waals surface area contributed by atoms with E-state index in [-0.39, 0.29) is 6.42 Å². The van der Waals surface area contributed by atoms with Crippen molar-refractivity contribution in [2.75, 3.05) is 14.2 Å². The molecule has 1 atom stereocenters. The quantitative estimate of drug-likeness (QED) is 0.562. The third-order valence-electron chi connectivity index (χ3n) is 1.71. The van der Waals surface area contributed by atoms with Gasteiger partial charge >= 0.3 is 0 Å². The Balaban J connectivity index is 2.46. The molecule has 1 amide bonds. The lowest BCUT2D eigenvalue weighted by Gasteiger charge is -2.12. The van der Waals surface area contributed by atoms with E-state index in [1.807, 2.05) is 0 Å². The number of carbonyl (C=O) groups excluding carboxylic acids is 1. The summed E-state index contributed by atoms with van der Waals surface area (Å²) in [6.07, 6.45) is -0.348. The summed E-state index contributed by atoms with van der Waals surface area (Å²) in [5.74, 6) is -4.62. The molecule has 0 spiro atoms. The van der Waals surface area contributed by atoms with Crippen molar-refractivity contribution in [2.24, 2.45) is 5.92 Å². The number of alkyl halides is 2. The molecule has 0 N–H and O–H groups in total. The van der Waals surface area contributed by atoms with E-state index in [1.54, 1.807) is 0 Å². The maximum Gasteiger partial charge on any atom is 0.260 e. The van der Waals surface area contributed by atoms with Crippen LogP contribution in [0.2, 0.25) is 0 Å². The third-order valence-corrected chi connectivity index (χ3v) is 1.71. The van der Waals surface area contributed by atoms with E-state index < -0.39 is 17.7 Å². The standard InChI is InChI=1S/C6H9F2NO2/c1-9(11-2)5(10)4-3-6(4,7)8/h4H,3H2,1-2H3/t4-/m1/s1. The number of carbonyl (C=O) groups is 1. The molecule has 0 radical (unpaired) electrons. The topological polar surface area (TPSA) is 29.5 Å². The number of hydrogen-bond acceptors (Lipinski definition) is 2. The van der Waals surface area contributed by atoms with Gasteiger partial charge in [-0.1, -0.05) is 0 Å². The van der Waals surface area contributed by atoms with Gasteiger partial charge in [-0.25, -0.2) is 13.8 Å². The lowest BCUT2D eigenvalue weighted by molar-refractivity contribution is -0.172. The first-order valence-corrected chi connectivity index (χ1v) is 3.18. The van der Waals surface area contributed by atoms with E-state index in [9.17, 15) is 13.6 Å². The largest absolute Gasteiger partial charge is 0.275 e. The Bertz CT molecular complexity index is 183. The lowest BCUT2D eigenvalue weighted by atomic mass is 10.4. The number of nitrogens with zero attached hydrogens (tertiary/aromatic N) is 1. The molecule has 1 rings (SSSR count). The Morgan fingerprint density at radius 1 is 1.73 bits per heavy atom. The minimum Gasteiger partial charge on any atom is -0.275 e. The number of rotatable bonds is 2. The Morgan fingerprint density at radius 2 is 2.18 bits per heavy atom. The zero-order valence-electron chi connectivity index (χ0n) is 6.30. The van der Waals surface area contributed by atoms with Crippen molar-refractivity contribution in [3.63, 3.8) is 0 Å². The van der Waals surface area contributed by atoms with Crippen molar-refractivity contribution in [1.82, 2.24) is 5.06 Å². The van der Waals surface area contributed by atoms with Gasteiger partial charge in [-0.05, 0) is 0 Å². The maximum atomic E-state index is 12.2. The first-order chi connectivity index (χ1) is 4.99. The molecule has 0 aromatic heterocycles. The van der Waals surface area contributed by atoms with Crippen LogP contribution in [0.25, 0.3) is 0 Å². The predicted molar refractivity (Wildman–Crippen MR) is 32.8 cm³/mol. The fourth-order valence-electron chi connectivity index (χ4n) is 0.791. The molecule has 1 saturated carbocycles. The average Bonchev–Trinajstić information content (AvgIpc) is 2.56. The van der Waals surface area contributed by atoms with Crippen LogP contribution in [-0.4, -0.2) is 31.1 Å². The zero-order chi connectivity index (χ0) is 8.65. The summed E-state index contributed by atoms with van der Waals surface area (Å²) >= 11 is 0. The summed E-state index contributed by atoms with van der Waals surface area (Å²) in [5.41, 5.74) is 0. The fourth-order valence-corrected chi connectivity index (χ4v) is 0.791. The van der Waals surface area contributed by atoms with E-state index in [2.05, 4.69) is 4.84 Å². The van der Waals surface area contributed by atoms with Gasteiger partial charge in [-0.2, -0.15) is 0 Å². The van der Waals surface area contributed by atoms with Crippen molar-refractivity contribution in [3.05, 3.63) is 0 Å². The van der Waals surface area contributed by atoms with Gasteiger partial charge in [0.05, 0.1) is 7.11 Å². The van der Waals surface area contributed by atoms with Gasteiger partial charge in [0.15, 0.2) is 0 Å². The van der Waals surface area contributed by atoms with E-state index in [4.69, 9.17) is 0 Å². The molecule has 1 aliphatic carbocycles. The second-order valence-corrected chi connectivity index (χ2v) is 2.54. The molecule has 64 valence electrons. The molecular weight excluding hydrogens is 156 g/mol.